The largest absolute Gasteiger partial charge is 0.351 e. The van der Waals surface area contributed by atoms with Gasteiger partial charge in [0.15, 0.2) is 0 Å². The molecule has 0 radical (unpaired) electrons. The first kappa shape index (κ1) is 23.7. The molecule has 1 atom stereocenters. The van der Waals surface area contributed by atoms with Crippen LogP contribution in [0.3, 0.4) is 0 Å². The summed E-state index contributed by atoms with van der Waals surface area (Å²) in [6.45, 7) is 4.36. The molecule has 1 aliphatic rings. The van der Waals surface area contributed by atoms with Gasteiger partial charge in [-0.15, -0.1) is 11.3 Å². The molecule has 1 saturated carbocycles. The maximum absolute atomic E-state index is 14.3. The maximum Gasteiger partial charge on any atom is 0.247 e. The highest BCUT2D eigenvalue weighted by Gasteiger charge is 2.33. The Hall–Kier alpha value is -2.44. The van der Waals surface area contributed by atoms with E-state index in [0.717, 1.165) is 46.3 Å². The number of allylic oxidation sites excluding steroid dienone is 1. The van der Waals surface area contributed by atoms with Gasteiger partial charge in [-0.05, 0) is 54.1 Å². The van der Waals surface area contributed by atoms with Crippen LogP contribution in [0.25, 0.3) is 0 Å². The molecular formula is C27H28BrFN2OS. The fraction of sp³-hybridized carbons (Fsp3) is 0.296. The van der Waals surface area contributed by atoms with Crippen LogP contribution in [-0.4, -0.2) is 11.9 Å². The van der Waals surface area contributed by atoms with Gasteiger partial charge in [0.1, 0.15) is 11.9 Å². The number of hydrogen-bond donors (Lipinski definition) is 1. The van der Waals surface area contributed by atoms with E-state index >= 15 is 0 Å². The lowest BCUT2D eigenvalue weighted by atomic mass is 9.94. The molecule has 6 heteroatoms. The Labute approximate surface area is 207 Å². The first-order valence-corrected chi connectivity index (χ1v) is 13.0. The Balaban J connectivity index is 1.76. The van der Waals surface area contributed by atoms with Crippen molar-refractivity contribution in [3.8, 4) is 0 Å². The third-order valence-electron chi connectivity index (χ3n) is 6.04. The minimum Gasteiger partial charge on any atom is -0.351 e. The topological polar surface area (TPSA) is 32.3 Å². The number of carbonyl (C=O) groups is 1. The average molecular weight is 528 g/mol. The van der Waals surface area contributed by atoms with Crippen LogP contribution in [0.5, 0.6) is 0 Å². The van der Waals surface area contributed by atoms with Gasteiger partial charge in [-0.1, -0.05) is 72.1 Å². The van der Waals surface area contributed by atoms with Crippen LogP contribution < -0.4 is 10.2 Å². The van der Waals surface area contributed by atoms with Crippen LogP contribution in [0.4, 0.5) is 10.1 Å². The zero-order valence-electron chi connectivity index (χ0n) is 18.5. The number of rotatable bonds is 8. The highest BCUT2D eigenvalue weighted by Crippen LogP contribution is 2.36. The fourth-order valence-electron chi connectivity index (χ4n) is 4.46. The first-order valence-electron chi connectivity index (χ1n) is 11.3. The Kier molecular flexibility index (Phi) is 7.99. The molecule has 1 N–H and O–H groups in total. The summed E-state index contributed by atoms with van der Waals surface area (Å²) in [5.41, 5.74) is 2.17. The summed E-state index contributed by atoms with van der Waals surface area (Å²) < 4.78 is 15.2. The van der Waals surface area contributed by atoms with E-state index in [0.29, 0.717) is 12.1 Å². The molecule has 0 aliphatic heterocycles. The Morgan fingerprint density at radius 1 is 1.12 bits per heavy atom. The minimum absolute atomic E-state index is 0.0922. The molecular weight excluding hydrogens is 499 g/mol. The van der Waals surface area contributed by atoms with Crippen molar-refractivity contribution in [3.05, 3.63) is 99.1 Å². The van der Waals surface area contributed by atoms with Gasteiger partial charge in [-0.2, -0.15) is 0 Å². The first-order chi connectivity index (χ1) is 16.0. The molecule has 172 valence electrons. The van der Waals surface area contributed by atoms with E-state index in [1.165, 1.54) is 18.6 Å². The van der Waals surface area contributed by atoms with Crippen LogP contribution in [0, 0.1) is 5.82 Å². The maximum atomic E-state index is 14.3. The van der Waals surface area contributed by atoms with Gasteiger partial charge in [0.2, 0.25) is 5.91 Å². The number of amides is 1. The number of hydrogen-bond acceptors (Lipinski definition) is 3. The van der Waals surface area contributed by atoms with Crippen LogP contribution in [0.2, 0.25) is 0 Å². The fourth-order valence-corrected chi connectivity index (χ4v) is 5.70. The second kappa shape index (κ2) is 11.1. The zero-order chi connectivity index (χ0) is 23.2. The van der Waals surface area contributed by atoms with Crippen LogP contribution in [0.1, 0.15) is 48.6 Å². The summed E-state index contributed by atoms with van der Waals surface area (Å²) in [6, 6.07) is 17.7. The highest BCUT2D eigenvalue weighted by atomic mass is 79.9. The van der Waals surface area contributed by atoms with Crippen LogP contribution >= 0.6 is 27.3 Å². The number of nitrogens with one attached hydrogen (secondary N) is 1. The summed E-state index contributed by atoms with van der Waals surface area (Å²) in [7, 11) is 0. The second-order valence-corrected chi connectivity index (χ2v) is 10.3. The lowest BCUT2D eigenvalue weighted by Gasteiger charge is -2.36. The standard InChI is InChI=1S/C27H28BrFN2OS/c1-19(17-23-13-8-16-33-23)31(22-12-7-9-20(29)18-22)26(24-14-5-6-15-25(24)28)27(32)30-21-10-3-2-4-11-21/h5-9,12-16,18,21,26H,1-4,10-11,17H2,(H,30,32). The molecule has 0 saturated heterocycles. The van der Waals surface area contributed by atoms with E-state index in [2.05, 4.69) is 33.9 Å². The van der Waals surface area contributed by atoms with Crippen molar-refractivity contribution in [2.45, 2.75) is 50.6 Å². The van der Waals surface area contributed by atoms with Crippen molar-refractivity contribution in [2.24, 2.45) is 0 Å². The van der Waals surface area contributed by atoms with Gasteiger partial charge in [0, 0.05) is 33.2 Å². The summed E-state index contributed by atoms with van der Waals surface area (Å²) >= 11 is 5.29. The molecule has 3 aromatic rings. The molecule has 1 fully saturated rings. The second-order valence-electron chi connectivity index (χ2n) is 8.44. The summed E-state index contributed by atoms with van der Waals surface area (Å²) in [5.74, 6) is -0.439. The number of halogens is 2. The number of benzene rings is 2. The number of nitrogens with zero attached hydrogens (tertiary/aromatic N) is 1. The van der Waals surface area contributed by atoms with Crippen molar-refractivity contribution < 1.29 is 9.18 Å². The van der Waals surface area contributed by atoms with Crippen molar-refractivity contribution >= 4 is 38.9 Å². The molecule has 0 spiro atoms. The molecule has 1 amide bonds. The van der Waals surface area contributed by atoms with Crippen molar-refractivity contribution in [1.82, 2.24) is 5.32 Å². The van der Waals surface area contributed by atoms with Gasteiger partial charge < -0.3 is 10.2 Å². The molecule has 4 rings (SSSR count). The van der Waals surface area contributed by atoms with E-state index in [9.17, 15) is 9.18 Å². The summed E-state index contributed by atoms with van der Waals surface area (Å²) in [5, 5.41) is 5.31. The Morgan fingerprint density at radius 3 is 2.61 bits per heavy atom. The predicted molar refractivity (Wildman–Crippen MR) is 138 cm³/mol. The molecule has 1 unspecified atom stereocenters. The van der Waals surface area contributed by atoms with Gasteiger partial charge in [-0.3, -0.25) is 4.79 Å². The lowest BCUT2D eigenvalue weighted by Crippen LogP contribution is -2.45. The number of thiophene rings is 1. The molecule has 2 aromatic carbocycles. The van der Waals surface area contributed by atoms with E-state index in [1.54, 1.807) is 17.4 Å². The Bertz CT molecular complexity index is 1100. The number of carbonyl (C=O) groups excluding carboxylic acids is 1. The minimum atomic E-state index is -0.684. The summed E-state index contributed by atoms with van der Waals surface area (Å²) in [6.07, 6.45) is 6.03. The molecule has 1 aliphatic carbocycles. The van der Waals surface area contributed by atoms with E-state index in [4.69, 9.17) is 0 Å². The van der Waals surface area contributed by atoms with Crippen molar-refractivity contribution in [2.75, 3.05) is 4.90 Å². The lowest BCUT2D eigenvalue weighted by molar-refractivity contribution is -0.123. The third-order valence-corrected chi connectivity index (χ3v) is 7.64. The van der Waals surface area contributed by atoms with Gasteiger partial charge in [0.25, 0.3) is 0 Å². The average Bonchev–Trinajstić information content (AvgIpc) is 3.31. The third kappa shape index (κ3) is 5.92. The monoisotopic (exact) mass is 526 g/mol. The van der Waals surface area contributed by atoms with Gasteiger partial charge in [0.05, 0.1) is 0 Å². The van der Waals surface area contributed by atoms with E-state index < -0.39 is 6.04 Å². The molecule has 0 bridgehead atoms. The Morgan fingerprint density at radius 2 is 1.91 bits per heavy atom. The molecule has 3 nitrogen and oxygen atoms in total. The summed E-state index contributed by atoms with van der Waals surface area (Å²) in [4.78, 5) is 16.9. The molecule has 33 heavy (non-hydrogen) atoms. The van der Waals surface area contributed by atoms with E-state index in [1.807, 2.05) is 46.7 Å². The van der Waals surface area contributed by atoms with Gasteiger partial charge in [-0.25, -0.2) is 4.39 Å². The quantitative estimate of drug-likeness (QED) is 0.331. The molecule has 1 heterocycles. The predicted octanol–water partition coefficient (Wildman–Crippen LogP) is 7.40. The molecule has 1 aromatic heterocycles. The van der Waals surface area contributed by atoms with E-state index in [-0.39, 0.29) is 17.8 Å². The smallest absolute Gasteiger partial charge is 0.247 e. The van der Waals surface area contributed by atoms with Gasteiger partial charge >= 0.3 is 0 Å². The number of anilines is 1. The van der Waals surface area contributed by atoms with Crippen LogP contribution in [0.15, 0.2) is 82.8 Å². The van der Waals surface area contributed by atoms with Crippen molar-refractivity contribution in [3.63, 3.8) is 0 Å². The normalized spacial score (nSPS) is 15.1. The highest BCUT2D eigenvalue weighted by molar-refractivity contribution is 9.10. The van der Waals surface area contributed by atoms with Crippen molar-refractivity contribution in [1.29, 1.82) is 0 Å². The SMILES string of the molecule is C=C(Cc1cccs1)N(c1cccc(F)c1)C(C(=O)NC1CCCCC1)c1ccccc1Br. The zero-order valence-corrected chi connectivity index (χ0v) is 20.9. The van der Waals surface area contributed by atoms with Crippen LogP contribution in [-0.2, 0) is 11.2 Å².